The normalized spacial score (nSPS) is 10.2. The number of nitrogen functional groups attached to an aromatic ring is 1. The topological polar surface area (TPSA) is 112 Å². The van der Waals surface area contributed by atoms with Gasteiger partial charge in [-0.15, -0.1) is 0 Å². The van der Waals surface area contributed by atoms with E-state index in [4.69, 9.17) is 11.5 Å². The summed E-state index contributed by atoms with van der Waals surface area (Å²) in [6, 6.07) is 0. The van der Waals surface area contributed by atoms with Crippen LogP contribution in [-0.4, -0.2) is 10.8 Å². The molecule has 1 aromatic carbocycles. The zero-order valence-corrected chi connectivity index (χ0v) is 9.33. The lowest BCUT2D eigenvalue weighted by Crippen LogP contribution is -2.17. The van der Waals surface area contributed by atoms with Crippen LogP contribution in [-0.2, 0) is 0 Å². The molecule has 0 aliphatic rings. The minimum Gasteiger partial charge on any atom is -0.393 e. The van der Waals surface area contributed by atoms with Crippen molar-refractivity contribution in [3.63, 3.8) is 0 Å². The molecule has 16 heavy (non-hydrogen) atoms. The van der Waals surface area contributed by atoms with Gasteiger partial charge in [-0.3, -0.25) is 14.9 Å². The van der Waals surface area contributed by atoms with Crippen LogP contribution in [0.4, 0.5) is 11.4 Å². The molecule has 6 heteroatoms. The first-order chi connectivity index (χ1) is 7.29. The predicted octanol–water partition coefficient (Wildman–Crippen LogP) is 1.20. The Morgan fingerprint density at radius 1 is 1.19 bits per heavy atom. The summed E-state index contributed by atoms with van der Waals surface area (Å²) in [5.41, 5.74) is 12.2. The van der Waals surface area contributed by atoms with Crippen molar-refractivity contribution in [1.82, 2.24) is 0 Å². The average molecular weight is 223 g/mol. The van der Waals surface area contributed by atoms with E-state index in [9.17, 15) is 14.9 Å². The van der Waals surface area contributed by atoms with Gasteiger partial charge in [-0.1, -0.05) is 0 Å². The van der Waals surface area contributed by atoms with Crippen LogP contribution < -0.4 is 11.5 Å². The van der Waals surface area contributed by atoms with Crippen molar-refractivity contribution in [2.45, 2.75) is 20.8 Å². The second-order valence-electron chi connectivity index (χ2n) is 3.63. The second kappa shape index (κ2) is 3.80. The second-order valence-corrected chi connectivity index (χ2v) is 3.63. The molecule has 0 bridgehead atoms. The van der Waals surface area contributed by atoms with E-state index < -0.39 is 10.8 Å². The minimum absolute atomic E-state index is 0.0880. The Hall–Kier alpha value is -2.11. The quantitative estimate of drug-likeness (QED) is 0.445. The summed E-state index contributed by atoms with van der Waals surface area (Å²) < 4.78 is 0. The molecular formula is C10H13N3O3. The summed E-state index contributed by atoms with van der Waals surface area (Å²) in [5, 5.41) is 10.9. The van der Waals surface area contributed by atoms with Crippen LogP contribution >= 0.6 is 0 Å². The van der Waals surface area contributed by atoms with Gasteiger partial charge in [0.1, 0.15) is 5.69 Å². The number of nitrogens with two attached hydrogens (primary N) is 2. The summed E-state index contributed by atoms with van der Waals surface area (Å²) in [4.78, 5) is 21.5. The summed E-state index contributed by atoms with van der Waals surface area (Å²) in [7, 11) is 0. The van der Waals surface area contributed by atoms with Crippen LogP contribution in [0.5, 0.6) is 0 Å². The minimum atomic E-state index is -0.679. The van der Waals surface area contributed by atoms with Gasteiger partial charge in [-0.05, 0) is 31.9 Å². The number of anilines is 1. The number of rotatable bonds is 2. The molecule has 0 saturated carbocycles. The number of nitrogens with zero attached hydrogens (tertiary/aromatic N) is 1. The maximum absolute atomic E-state index is 11.2. The lowest BCUT2D eigenvalue weighted by molar-refractivity contribution is -0.384. The third-order valence-electron chi connectivity index (χ3n) is 2.76. The van der Waals surface area contributed by atoms with Gasteiger partial charge < -0.3 is 11.5 Å². The van der Waals surface area contributed by atoms with Crippen molar-refractivity contribution in [3.05, 3.63) is 32.4 Å². The third-order valence-corrected chi connectivity index (χ3v) is 2.76. The van der Waals surface area contributed by atoms with Gasteiger partial charge in [0.25, 0.3) is 5.69 Å². The number of nitro groups is 1. The van der Waals surface area contributed by atoms with E-state index in [2.05, 4.69) is 0 Å². The summed E-state index contributed by atoms with van der Waals surface area (Å²) >= 11 is 0. The molecule has 1 amide bonds. The van der Waals surface area contributed by atoms with E-state index in [1.807, 2.05) is 0 Å². The number of hydrogen-bond acceptors (Lipinski definition) is 4. The van der Waals surface area contributed by atoms with Crippen molar-refractivity contribution in [2.75, 3.05) is 5.73 Å². The molecular weight excluding hydrogens is 210 g/mol. The highest BCUT2D eigenvalue weighted by atomic mass is 16.6. The largest absolute Gasteiger partial charge is 0.393 e. The van der Waals surface area contributed by atoms with Crippen LogP contribution in [0.15, 0.2) is 0 Å². The number of hydrogen-bond donors (Lipinski definition) is 2. The van der Waals surface area contributed by atoms with Gasteiger partial charge in [-0.2, -0.15) is 0 Å². The number of amides is 1. The van der Waals surface area contributed by atoms with E-state index in [0.29, 0.717) is 11.1 Å². The van der Waals surface area contributed by atoms with Gasteiger partial charge in [0.05, 0.1) is 10.5 Å². The molecule has 86 valence electrons. The van der Waals surface area contributed by atoms with Crippen molar-refractivity contribution < 1.29 is 9.72 Å². The molecule has 6 nitrogen and oxygen atoms in total. The van der Waals surface area contributed by atoms with Gasteiger partial charge in [0, 0.05) is 5.56 Å². The highest BCUT2D eigenvalue weighted by Gasteiger charge is 2.25. The van der Waals surface area contributed by atoms with Gasteiger partial charge >= 0.3 is 0 Å². The zero-order chi connectivity index (χ0) is 12.6. The van der Waals surface area contributed by atoms with Crippen LogP contribution in [0.3, 0.4) is 0 Å². The molecule has 0 atom stereocenters. The van der Waals surface area contributed by atoms with Crippen LogP contribution in [0.1, 0.15) is 27.0 Å². The maximum Gasteiger partial charge on any atom is 0.296 e. The molecule has 0 saturated heterocycles. The number of carbonyl (C=O) groups is 1. The van der Waals surface area contributed by atoms with Crippen molar-refractivity contribution in [1.29, 1.82) is 0 Å². The first kappa shape index (κ1) is 12.0. The summed E-state index contributed by atoms with van der Waals surface area (Å²) in [6.07, 6.45) is 0. The van der Waals surface area contributed by atoms with E-state index >= 15 is 0 Å². The van der Waals surface area contributed by atoms with Gasteiger partial charge in [0.2, 0.25) is 5.91 Å². The number of nitro benzene ring substituents is 1. The monoisotopic (exact) mass is 223 g/mol. The smallest absolute Gasteiger partial charge is 0.296 e. The Balaban J connectivity index is 3.80. The van der Waals surface area contributed by atoms with Crippen molar-refractivity contribution in [2.24, 2.45) is 5.73 Å². The Bertz CT molecular complexity index is 454. The molecule has 0 aliphatic heterocycles. The third kappa shape index (κ3) is 1.58. The SMILES string of the molecule is Cc1c(C)c(C(N)=O)c(C)c([N+](=O)[O-])c1N. The molecule has 0 aliphatic carbocycles. The number of benzene rings is 1. The highest BCUT2D eigenvalue weighted by molar-refractivity contribution is 5.98. The first-order valence-electron chi connectivity index (χ1n) is 4.62. The molecule has 1 aromatic rings. The molecule has 0 aromatic heterocycles. The molecule has 0 spiro atoms. The Morgan fingerprint density at radius 3 is 2.06 bits per heavy atom. The molecule has 0 fully saturated rings. The summed E-state index contributed by atoms with van der Waals surface area (Å²) in [6.45, 7) is 4.77. The fraction of sp³-hybridized carbons (Fsp3) is 0.300. The van der Waals surface area contributed by atoms with Crippen molar-refractivity contribution >= 4 is 17.3 Å². The molecule has 4 N–H and O–H groups in total. The Kier molecular flexibility index (Phi) is 2.84. The zero-order valence-electron chi connectivity index (χ0n) is 9.33. The van der Waals surface area contributed by atoms with E-state index in [1.165, 1.54) is 6.92 Å². The van der Waals surface area contributed by atoms with Crippen molar-refractivity contribution in [3.8, 4) is 0 Å². The molecule has 0 radical (unpaired) electrons. The highest BCUT2D eigenvalue weighted by Crippen LogP contribution is 2.34. The first-order valence-corrected chi connectivity index (χ1v) is 4.62. The number of primary amides is 1. The van der Waals surface area contributed by atoms with Crippen LogP contribution in [0.25, 0.3) is 0 Å². The Morgan fingerprint density at radius 2 is 1.69 bits per heavy atom. The lowest BCUT2D eigenvalue weighted by Gasteiger charge is -2.12. The predicted molar refractivity (Wildman–Crippen MR) is 60.2 cm³/mol. The molecule has 0 unspecified atom stereocenters. The average Bonchev–Trinajstić information content (AvgIpc) is 2.13. The molecule has 0 heterocycles. The summed E-state index contributed by atoms with van der Waals surface area (Å²) in [5.74, 6) is -0.679. The molecule has 1 rings (SSSR count). The standard InChI is InChI=1S/C10H13N3O3/c1-4-5(2)8(11)9(13(15)16)6(3)7(4)10(12)14/h11H2,1-3H3,(H2,12,14). The Labute approximate surface area is 92.4 Å². The lowest BCUT2D eigenvalue weighted by atomic mass is 9.94. The van der Waals surface area contributed by atoms with Gasteiger partial charge in [0.15, 0.2) is 0 Å². The van der Waals surface area contributed by atoms with Gasteiger partial charge in [-0.25, -0.2) is 0 Å². The van der Waals surface area contributed by atoms with Crippen LogP contribution in [0, 0.1) is 30.9 Å². The fourth-order valence-corrected chi connectivity index (χ4v) is 1.77. The van der Waals surface area contributed by atoms with E-state index in [-0.39, 0.29) is 22.5 Å². The number of carbonyl (C=O) groups excluding carboxylic acids is 1. The van der Waals surface area contributed by atoms with E-state index in [1.54, 1.807) is 13.8 Å². The fourth-order valence-electron chi connectivity index (χ4n) is 1.77. The van der Waals surface area contributed by atoms with E-state index in [0.717, 1.165) is 0 Å². The maximum atomic E-state index is 11.2. The van der Waals surface area contributed by atoms with Crippen LogP contribution in [0.2, 0.25) is 0 Å².